The summed E-state index contributed by atoms with van der Waals surface area (Å²) in [6, 6.07) is 8.74. The second-order valence-electron chi connectivity index (χ2n) is 7.20. The minimum Gasteiger partial charge on any atom is -0.466 e. The zero-order valence-corrected chi connectivity index (χ0v) is 20.6. The predicted octanol–water partition coefficient (Wildman–Crippen LogP) is 3.50. The van der Waals surface area contributed by atoms with Gasteiger partial charge in [-0.1, -0.05) is 38.1 Å². The average Bonchev–Trinajstić information content (AvgIpc) is 2.73. The van der Waals surface area contributed by atoms with Gasteiger partial charge >= 0.3 is 5.97 Å². The maximum absolute atomic E-state index is 11.9. The lowest BCUT2D eigenvalue weighted by molar-refractivity contribution is -0.149. The van der Waals surface area contributed by atoms with E-state index in [9.17, 15) is 4.79 Å². The van der Waals surface area contributed by atoms with Crippen molar-refractivity contribution in [1.82, 2.24) is 15.1 Å². The molecule has 29 heavy (non-hydrogen) atoms. The molecule has 1 aliphatic rings. The second-order valence-corrected chi connectivity index (χ2v) is 7.20. The quantitative estimate of drug-likeness (QED) is 0.248. The van der Waals surface area contributed by atoms with E-state index in [1.165, 1.54) is 11.1 Å². The Balaban J connectivity index is 0.00000420. The van der Waals surface area contributed by atoms with Crippen molar-refractivity contribution < 1.29 is 9.53 Å². The zero-order valence-electron chi connectivity index (χ0n) is 18.3. The molecule has 0 saturated carbocycles. The topological polar surface area (TPSA) is 57.2 Å². The average molecular weight is 516 g/mol. The number of benzene rings is 1. The number of likely N-dealkylation sites (tertiary alicyclic amines) is 1. The van der Waals surface area contributed by atoms with Crippen LogP contribution in [0.4, 0.5) is 0 Å². The Labute approximate surface area is 193 Å². The molecule has 1 heterocycles. The lowest BCUT2D eigenvalue weighted by Crippen LogP contribution is -2.46. The molecule has 0 bridgehead atoms. The maximum atomic E-state index is 11.9. The number of piperidine rings is 1. The van der Waals surface area contributed by atoms with Gasteiger partial charge in [-0.05, 0) is 44.0 Å². The number of ether oxygens (including phenoxy) is 1. The third kappa shape index (κ3) is 8.12. The van der Waals surface area contributed by atoms with Crippen LogP contribution in [0.2, 0.25) is 0 Å². The van der Waals surface area contributed by atoms with E-state index in [2.05, 4.69) is 58.2 Å². The molecule has 6 nitrogen and oxygen atoms in total. The molecule has 1 aromatic carbocycles. The van der Waals surface area contributed by atoms with Crippen molar-refractivity contribution in [3.8, 4) is 0 Å². The first-order valence-corrected chi connectivity index (χ1v) is 10.5. The summed E-state index contributed by atoms with van der Waals surface area (Å²) in [6.45, 7) is 12.2. The summed E-state index contributed by atoms with van der Waals surface area (Å²) >= 11 is 0. The molecular weight excluding hydrogens is 479 g/mol. The van der Waals surface area contributed by atoms with E-state index in [0.717, 1.165) is 58.1 Å². The highest BCUT2D eigenvalue weighted by Gasteiger charge is 2.27. The van der Waals surface area contributed by atoms with Gasteiger partial charge < -0.3 is 15.0 Å². The van der Waals surface area contributed by atoms with Crippen molar-refractivity contribution in [2.45, 2.75) is 46.7 Å². The summed E-state index contributed by atoms with van der Waals surface area (Å²) in [5.41, 5.74) is 2.60. The Morgan fingerprint density at radius 1 is 1.21 bits per heavy atom. The van der Waals surface area contributed by atoms with Crippen molar-refractivity contribution in [3.05, 3.63) is 35.4 Å². The van der Waals surface area contributed by atoms with Gasteiger partial charge in [-0.3, -0.25) is 14.7 Å². The molecule has 164 valence electrons. The van der Waals surface area contributed by atoms with Crippen molar-refractivity contribution in [3.63, 3.8) is 0 Å². The molecule has 1 aliphatic heterocycles. The summed E-state index contributed by atoms with van der Waals surface area (Å²) in [7, 11) is 1.82. The molecule has 1 saturated heterocycles. The van der Waals surface area contributed by atoms with Crippen LogP contribution in [0.15, 0.2) is 29.3 Å². The minimum atomic E-state index is -0.0601. The molecule has 0 radical (unpaired) electrons. The zero-order chi connectivity index (χ0) is 20.4. The van der Waals surface area contributed by atoms with Crippen molar-refractivity contribution in [2.24, 2.45) is 10.9 Å². The maximum Gasteiger partial charge on any atom is 0.309 e. The molecule has 0 unspecified atom stereocenters. The highest BCUT2D eigenvalue weighted by atomic mass is 127. The Kier molecular flexibility index (Phi) is 12.2. The van der Waals surface area contributed by atoms with Gasteiger partial charge in [-0.25, -0.2) is 0 Å². The van der Waals surface area contributed by atoms with Crippen molar-refractivity contribution in [2.75, 3.05) is 39.8 Å². The first kappa shape index (κ1) is 25.7. The number of guanidine groups is 1. The number of aliphatic imine (C=N–C) groups is 1. The normalized spacial score (nSPS) is 15.2. The van der Waals surface area contributed by atoms with Gasteiger partial charge in [0.05, 0.1) is 12.5 Å². The van der Waals surface area contributed by atoms with Crippen LogP contribution in [0.1, 0.15) is 44.7 Å². The smallest absolute Gasteiger partial charge is 0.309 e. The number of esters is 1. The molecule has 2 rings (SSSR count). The van der Waals surface area contributed by atoms with E-state index in [1.54, 1.807) is 0 Å². The Hall–Kier alpha value is -1.35. The van der Waals surface area contributed by atoms with Crippen molar-refractivity contribution >= 4 is 35.9 Å². The van der Waals surface area contributed by atoms with E-state index in [1.807, 2.05) is 14.0 Å². The Bertz CT molecular complexity index is 641. The van der Waals surface area contributed by atoms with Crippen molar-refractivity contribution in [1.29, 1.82) is 0 Å². The highest BCUT2D eigenvalue weighted by molar-refractivity contribution is 14.0. The van der Waals surface area contributed by atoms with E-state index in [0.29, 0.717) is 6.61 Å². The minimum absolute atomic E-state index is 0. The number of carbonyl (C=O) groups is 1. The second kappa shape index (κ2) is 13.8. The van der Waals surface area contributed by atoms with Crippen LogP contribution >= 0.6 is 24.0 Å². The van der Waals surface area contributed by atoms with E-state index in [-0.39, 0.29) is 35.9 Å². The van der Waals surface area contributed by atoms with Gasteiger partial charge in [-0.15, -0.1) is 24.0 Å². The van der Waals surface area contributed by atoms with Crippen LogP contribution in [0.25, 0.3) is 0 Å². The standard InChI is InChI=1S/C22H36N4O2.HI/c1-5-25(6-2)17-19-10-8-9-18(15-19)16-24-22(23-4)26-13-11-20(12-14-26)21(27)28-7-3;/h8-10,15,20H,5-7,11-14,16-17H2,1-4H3,(H,23,24);1H. The number of nitrogens with zero attached hydrogens (tertiary/aromatic N) is 3. The third-order valence-corrected chi connectivity index (χ3v) is 5.37. The van der Waals surface area contributed by atoms with Gasteiger partial charge in [-0.2, -0.15) is 0 Å². The lowest BCUT2D eigenvalue weighted by atomic mass is 9.97. The van der Waals surface area contributed by atoms with E-state index in [4.69, 9.17) is 4.74 Å². The van der Waals surface area contributed by atoms with Gasteiger partial charge in [0, 0.05) is 33.2 Å². The first-order chi connectivity index (χ1) is 13.6. The Morgan fingerprint density at radius 3 is 2.45 bits per heavy atom. The highest BCUT2D eigenvalue weighted by Crippen LogP contribution is 2.19. The SMILES string of the molecule is CCOC(=O)C1CCN(C(=NC)NCc2cccc(CN(CC)CC)c2)CC1.I. The molecule has 0 aromatic heterocycles. The molecule has 0 spiro atoms. The number of nitrogens with one attached hydrogen (secondary N) is 1. The van der Waals surface area contributed by atoms with Crippen LogP contribution in [0, 0.1) is 5.92 Å². The van der Waals surface area contributed by atoms with Gasteiger partial charge in [0.25, 0.3) is 0 Å². The molecule has 1 aromatic rings. The lowest BCUT2D eigenvalue weighted by Gasteiger charge is -2.33. The summed E-state index contributed by atoms with van der Waals surface area (Å²) < 4.78 is 5.16. The van der Waals surface area contributed by atoms with Gasteiger partial charge in [0.1, 0.15) is 0 Å². The number of halogens is 1. The Morgan fingerprint density at radius 2 is 1.86 bits per heavy atom. The van der Waals surface area contributed by atoms with Crippen LogP contribution in [0.5, 0.6) is 0 Å². The molecule has 0 aliphatic carbocycles. The fourth-order valence-electron chi connectivity index (χ4n) is 3.64. The number of hydrogen-bond donors (Lipinski definition) is 1. The summed E-state index contributed by atoms with van der Waals surface area (Å²) in [5.74, 6) is 0.859. The van der Waals surface area contributed by atoms with Crippen LogP contribution < -0.4 is 5.32 Å². The van der Waals surface area contributed by atoms with Crippen LogP contribution in [0.3, 0.4) is 0 Å². The molecule has 1 fully saturated rings. The molecule has 7 heteroatoms. The summed E-state index contributed by atoms with van der Waals surface area (Å²) in [5, 5.41) is 3.48. The van der Waals surface area contributed by atoms with Gasteiger partial charge in [0.15, 0.2) is 5.96 Å². The van der Waals surface area contributed by atoms with Crippen LogP contribution in [-0.4, -0.2) is 61.6 Å². The largest absolute Gasteiger partial charge is 0.466 e. The molecular formula is C22H37IN4O2. The summed E-state index contributed by atoms with van der Waals surface area (Å²) in [4.78, 5) is 21.0. The van der Waals surface area contributed by atoms with Crippen LogP contribution in [-0.2, 0) is 22.6 Å². The molecule has 0 atom stereocenters. The fraction of sp³-hybridized carbons (Fsp3) is 0.636. The van der Waals surface area contributed by atoms with Gasteiger partial charge in [0.2, 0.25) is 0 Å². The molecule has 0 amide bonds. The first-order valence-electron chi connectivity index (χ1n) is 10.5. The van der Waals surface area contributed by atoms with E-state index >= 15 is 0 Å². The third-order valence-electron chi connectivity index (χ3n) is 5.37. The monoisotopic (exact) mass is 516 g/mol. The fourth-order valence-corrected chi connectivity index (χ4v) is 3.64. The summed E-state index contributed by atoms with van der Waals surface area (Å²) in [6.07, 6.45) is 1.64. The number of hydrogen-bond acceptors (Lipinski definition) is 4. The van der Waals surface area contributed by atoms with E-state index < -0.39 is 0 Å². The predicted molar refractivity (Wildman–Crippen MR) is 130 cm³/mol. The number of rotatable bonds is 8. The molecule has 1 N–H and O–H groups in total. The number of carbonyl (C=O) groups excluding carboxylic acids is 1.